The van der Waals surface area contributed by atoms with Crippen molar-refractivity contribution in [2.75, 3.05) is 25.4 Å². The third-order valence-electron chi connectivity index (χ3n) is 6.53. The summed E-state index contributed by atoms with van der Waals surface area (Å²) in [7, 11) is 0. The van der Waals surface area contributed by atoms with E-state index in [0.29, 0.717) is 43.9 Å². The number of likely N-dealkylation sites (tertiary alicyclic amines) is 1. The van der Waals surface area contributed by atoms with Crippen molar-refractivity contribution in [1.29, 1.82) is 0 Å². The lowest BCUT2D eigenvalue weighted by Crippen LogP contribution is -2.48. The number of aromatic nitrogens is 4. The number of rotatable bonds is 3. The highest BCUT2D eigenvalue weighted by Crippen LogP contribution is 2.30. The number of hydrogen-bond donors (Lipinski definition) is 2. The molecule has 5 heterocycles. The number of nitrogens with two attached hydrogens (primary N) is 1. The Morgan fingerprint density at radius 2 is 2.03 bits per heavy atom. The standard InChI is InChI=1S/C23H27N7O3/c1-13-8-18(30-19(13)20(24)26-12-27-30)14-9-16-17(25-10-14)5-7-29(21(16)31)15-4-6-28(11-15)22(32)23(2,3)33/h8-10,12,15,33H,4-7,11H2,1-3H3,(H2,24,26,27). The first-order valence-electron chi connectivity index (χ1n) is 11.1. The van der Waals surface area contributed by atoms with Crippen LogP contribution in [-0.2, 0) is 11.2 Å². The highest BCUT2D eigenvalue weighted by molar-refractivity contribution is 5.98. The van der Waals surface area contributed by atoms with E-state index in [-0.39, 0.29) is 17.9 Å². The summed E-state index contributed by atoms with van der Waals surface area (Å²) in [5, 5.41) is 14.4. The number of nitrogen functional groups attached to an aromatic ring is 1. The molecule has 2 aliphatic rings. The number of carbonyl (C=O) groups excluding carboxylic acids is 2. The molecule has 10 nitrogen and oxygen atoms in total. The predicted molar refractivity (Wildman–Crippen MR) is 121 cm³/mol. The zero-order chi connectivity index (χ0) is 23.5. The molecule has 10 heteroatoms. The van der Waals surface area contributed by atoms with Gasteiger partial charge in [0.25, 0.3) is 11.8 Å². The first-order chi connectivity index (χ1) is 15.6. The van der Waals surface area contributed by atoms with E-state index in [2.05, 4.69) is 15.1 Å². The number of hydrogen-bond acceptors (Lipinski definition) is 7. The van der Waals surface area contributed by atoms with Gasteiger partial charge >= 0.3 is 0 Å². The molecule has 1 unspecified atom stereocenters. The van der Waals surface area contributed by atoms with Crippen molar-refractivity contribution in [3.8, 4) is 11.3 Å². The number of carbonyl (C=O) groups is 2. The van der Waals surface area contributed by atoms with E-state index in [9.17, 15) is 14.7 Å². The second-order valence-corrected chi connectivity index (χ2v) is 9.34. The molecule has 3 aromatic heterocycles. The van der Waals surface area contributed by atoms with E-state index in [0.717, 1.165) is 28.0 Å². The maximum absolute atomic E-state index is 13.5. The van der Waals surface area contributed by atoms with Crippen LogP contribution in [0.4, 0.5) is 5.82 Å². The number of nitrogens with zero attached hydrogens (tertiary/aromatic N) is 6. The SMILES string of the molecule is Cc1cc(-c2cnc3c(c2)C(=O)N(C2CCN(C(=O)C(C)(C)O)C2)CC3)n2ncnc(N)c12. The Morgan fingerprint density at radius 1 is 1.24 bits per heavy atom. The predicted octanol–water partition coefficient (Wildman–Crippen LogP) is 1.05. The number of fused-ring (bicyclic) bond motifs is 2. The van der Waals surface area contributed by atoms with Crippen molar-refractivity contribution in [3.63, 3.8) is 0 Å². The first-order valence-corrected chi connectivity index (χ1v) is 11.1. The van der Waals surface area contributed by atoms with Gasteiger partial charge in [0.15, 0.2) is 5.82 Å². The quantitative estimate of drug-likeness (QED) is 0.611. The lowest BCUT2D eigenvalue weighted by Gasteiger charge is -2.33. The lowest BCUT2D eigenvalue weighted by molar-refractivity contribution is -0.146. The average Bonchev–Trinajstić information content (AvgIpc) is 3.38. The van der Waals surface area contributed by atoms with Crippen LogP contribution in [0.3, 0.4) is 0 Å². The maximum atomic E-state index is 13.5. The number of pyridine rings is 1. The van der Waals surface area contributed by atoms with Gasteiger partial charge in [0.1, 0.15) is 17.4 Å². The number of amides is 2. The van der Waals surface area contributed by atoms with Crippen molar-refractivity contribution < 1.29 is 14.7 Å². The van der Waals surface area contributed by atoms with Crippen LogP contribution < -0.4 is 5.73 Å². The molecule has 1 fully saturated rings. The van der Waals surface area contributed by atoms with E-state index >= 15 is 0 Å². The van der Waals surface area contributed by atoms with Crippen LogP contribution in [0.1, 0.15) is 41.9 Å². The molecule has 1 saturated heterocycles. The Hall–Kier alpha value is -3.53. The highest BCUT2D eigenvalue weighted by Gasteiger charge is 2.39. The summed E-state index contributed by atoms with van der Waals surface area (Å²) in [4.78, 5) is 38.1. The zero-order valence-corrected chi connectivity index (χ0v) is 18.9. The van der Waals surface area contributed by atoms with Crippen LogP contribution in [0.15, 0.2) is 24.7 Å². The maximum Gasteiger partial charge on any atom is 0.256 e. The summed E-state index contributed by atoms with van der Waals surface area (Å²) in [6, 6.07) is 3.75. The number of aliphatic hydroxyl groups is 1. The number of aryl methyl sites for hydroxylation is 1. The largest absolute Gasteiger partial charge is 0.382 e. The highest BCUT2D eigenvalue weighted by atomic mass is 16.3. The van der Waals surface area contributed by atoms with Crippen LogP contribution in [0.2, 0.25) is 0 Å². The summed E-state index contributed by atoms with van der Waals surface area (Å²) < 4.78 is 1.73. The fraction of sp³-hybridized carbons (Fsp3) is 0.435. The van der Waals surface area contributed by atoms with Gasteiger partial charge in [-0.3, -0.25) is 14.6 Å². The Balaban J connectivity index is 1.44. The van der Waals surface area contributed by atoms with Gasteiger partial charge in [-0.1, -0.05) is 0 Å². The van der Waals surface area contributed by atoms with Gasteiger partial charge in [-0.2, -0.15) is 5.10 Å². The van der Waals surface area contributed by atoms with Crippen LogP contribution in [0, 0.1) is 6.92 Å². The molecule has 2 amide bonds. The molecule has 0 bridgehead atoms. The minimum absolute atomic E-state index is 0.0791. The third-order valence-corrected chi connectivity index (χ3v) is 6.53. The Labute approximate surface area is 191 Å². The van der Waals surface area contributed by atoms with Gasteiger partial charge < -0.3 is 20.6 Å². The molecule has 0 radical (unpaired) electrons. The van der Waals surface area contributed by atoms with Crippen LogP contribution >= 0.6 is 0 Å². The molecule has 2 aliphatic heterocycles. The normalized spacial score (nSPS) is 18.8. The molecule has 3 N–H and O–H groups in total. The van der Waals surface area contributed by atoms with Crippen LogP contribution in [0.25, 0.3) is 16.8 Å². The molecule has 5 rings (SSSR count). The fourth-order valence-corrected chi connectivity index (χ4v) is 4.88. The van der Waals surface area contributed by atoms with Gasteiger partial charge in [0.2, 0.25) is 0 Å². The van der Waals surface area contributed by atoms with Crippen molar-refractivity contribution in [1.82, 2.24) is 29.4 Å². The van der Waals surface area contributed by atoms with Gasteiger partial charge in [-0.25, -0.2) is 9.50 Å². The van der Waals surface area contributed by atoms with Crippen molar-refractivity contribution in [2.24, 2.45) is 0 Å². The van der Waals surface area contributed by atoms with Crippen molar-refractivity contribution in [3.05, 3.63) is 41.5 Å². The molecule has 0 spiro atoms. The van der Waals surface area contributed by atoms with E-state index < -0.39 is 5.60 Å². The summed E-state index contributed by atoms with van der Waals surface area (Å²) >= 11 is 0. The van der Waals surface area contributed by atoms with Gasteiger partial charge in [0, 0.05) is 37.8 Å². The summed E-state index contributed by atoms with van der Waals surface area (Å²) in [6.07, 6.45) is 4.51. The molecule has 33 heavy (non-hydrogen) atoms. The topological polar surface area (TPSA) is 130 Å². The van der Waals surface area contributed by atoms with Gasteiger partial charge in [0.05, 0.1) is 23.0 Å². The molecule has 172 valence electrons. The van der Waals surface area contributed by atoms with Gasteiger partial charge in [-0.15, -0.1) is 0 Å². The van der Waals surface area contributed by atoms with Crippen molar-refractivity contribution >= 4 is 23.1 Å². The van der Waals surface area contributed by atoms with Crippen LogP contribution in [-0.4, -0.2) is 77.6 Å². The monoisotopic (exact) mass is 449 g/mol. The molecule has 0 aromatic carbocycles. The van der Waals surface area contributed by atoms with E-state index in [1.54, 1.807) is 15.6 Å². The zero-order valence-electron chi connectivity index (χ0n) is 18.9. The Kier molecular flexibility index (Phi) is 4.86. The molecule has 3 aromatic rings. The Morgan fingerprint density at radius 3 is 2.79 bits per heavy atom. The first kappa shape index (κ1) is 21.3. The smallest absolute Gasteiger partial charge is 0.256 e. The van der Waals surface area contributed by atoms with Gasteiger partial charge in [-0.05, 0) is 44.9 Å². The summed E-state index contributed by atoms with van der Waals surface area (Å²) in [5.41, 5.74) is 9.20. The average molecular weight is 450 g/mol. The lowest BCUT2D eigenvalue weighted by atomic mass is 10.00. The minimum atomic E-state index is -1.42. The minimum Gasteiger partial charge on any atom is -0.382 e. The number of anilines is 1. The summed E-state index contributed by atoms with van der Waals surface area (Å²) in [5.74, 6) is 0.00347. The van der Waals surface area contributed by atoms with Crippen molar-refractivity contribution in [2.45, 2.75) is 45.3 Å². The second kappa shape index (κ2) is 7.51. The molecule has 0 aliphatic carbocycles. The fourth-order valence-electron chi connectivity index (χ4n) is 4.88. The molecular formula is C23H27N7O3. The third kappa shape index (κ3) is 3.50. The molecule has 0 saturated carbocycles. The molecular weight excluding hydrogens is 422 g/mol. The van der Waals surface area contributed by atoms with E-state index in [1.807, 2.05) is 24.0 Å². The Bertz CT molecular complexity index is 1280. The summed E-state index contributed by atoms with van der Waals surface area (Å²) in [6.45, 7) is 6.44. The molecule has 1 atom stereocenters. The van der Waals surface area contributed by atoms with E-state index in [1.165, 1.54) is 20.2 Å². The van der Waals surface area contributed by atoms with Crippen LogP contribution in [0.5, 0.6) is 0 Å². The second-order valence-electron chi connectivity index (χ2n) is 9.34. The van der Waals surface area contributed by atoms with E-state index in [4.69, 9.17) is 5.73 Å².